The predicted molar refractivity (Wildman–Crippen MR) is 72.5 cm³/mol. The van der Waals surface area contributed by atoms with Crippen molar-refractivity contribution in [1.82, 2.24) is 0 Å². The van der Waals surface area contributed by atoms with Gasteiger partial charge in [-0.15, -0.1) is 0 Å². The van der Waals surface area contributed by atoms with Crippen LogP contribution in [0.15, 0.2) is 40.9 Å². The summed E-state index contributed by atoms with van der Waals surface area (Å²) in [5.74, 6) is -1.64. The number of nitrogens with one attached hydrogen (secondary N) is 1. The molecule has 19 heavy (non-hydrogen) atoms. The summed E-state index contributed by atoms with van der Waals surface area (Å²) >= 11 is 3.10. The zero-order valence-corrected chi connectivity index (χ0v) is 11.6. The minimum Gasteiger partial charge on any atom is -0.376 e. The highest BCUT2D eigenvalue weighted by Gasteiger charge is 2.11. The molecule has 0 saturated heterocycles. The van der Waals surface area contributed by atoms with Crippen molar-refractivity contribution in [1.29, 1.82) is 0 Å². The summed E-state index contributed by atoms with van der Waals surface area (Å²) in [6.07, 6.45) is 0. The van der Waals surface area contributed by atoms with Crippen LogP contribution in [-0.4, -0.2) is 0 Å². The maximum absolute atomic E-state index is 13.5. The average Bonchev–Trinajstić information content (AvgIpc) is 2.36. The molecule has 0 spiro atoms. The first-order chi connectivity index (χ1) is 8.97. The fourth-order valence-electron chi connectivity index (χ4n) is 1.70. The Hall–Kier alpha value is -1.49. The molecule has 0 aliphatic carbocycles. The lowest BCUT2D eigenvalue weighted by molar-refractivity contribution is 0.583. The maximum Gasteiger partial charge on any atom is 0.149 e. The molecule has 0 saturated carbocycles. The Balaban J connectivity index is 2.20. The molecular weight excluding hydrogens is 319 g/mol. The van der Waals surface area contributed by atoms with Crippen molar-refractivity contribution < 1.29 is 13.2 Å². The summed E-state index contributed by atoms with van der Waals surface area (Å²) < 4.78 is 39.8. The number of hydrogen-bond donors (Lipinski definition) is 1. The molecule has 1 nitrogen and oxygen atoms in total. The Bertz CT molecular complexity index is 601. The summed E-state index contributed by atoms with van der Waals surface area (Å²) in [4.78, 5) is 0. The van der Waals surface area contributed by atoms with E-state index < -0.39 is 11.6 Å². The second kappa shape index (κ2) is 5.65. The molecule has 1 atom stereocenters. The minimum absolute atomic E-state index is 0.203. The molecule has 0 radical (unpaired) electrons. The molecule has 0 heterocycles. The van der Waals surface area contributed by atoms with Crippen molar-refractivity contribution in [2.24, 2.45) is 0 Å². The van der Waals surface area contributed by atoms with E-state index in [0.717, 1.165) is 11.6 Å². The van der Waals surface area contributed by atoms with Gasteiger partial charge >= 0.3 is 0 Å². The van der Waals surface area contributed by atoms with E-state index in [0.29, 0.717) is 4.47 Å². The molecule has 1 unspecified atom stereocenters. The van der Waals surface area contributed by atoms with E-state index in [1.54, 1.807) is 12.1 Å². The van der Waals surface area contributed by atoms with Crippen molar-refractivity contribution in [2.45, 2.75) is 13.0 Å². The van der Waals surface area contributed by atoms with Gasteiger partial charge < -0.3 is 5.32 Å². The Kier molecular flexibility index (Phi) is 4.14. The number of rotatable bonds is 3. The normalized spacial score (nSPS) is 12.3. The molecule has 100 valence electrons. The van der Waals surface area contributed by atoms with Crippen LogP contribution >= 0.6 is 15.9 Å². The Labute approximate surface area is 117 Å². The number of anilines is 1. The van der Waals surface area contributed by atoms with Crippen LogP contribution in [0.1, 0.15) is 18.5 Å². The van der Waals surface area contributed by atoms with Gasteiger partial charge in [0, 0.05) is 12.1 Å². The van der Waals surface area contributed by atoms with Crippen LogP contribution in [0.25, 0.3) is 0 Å². The highest BCUT2D eigenvalue weighted by atomic mass is 79.9. The molecule has 2 aromatic rings. The number of benzene rings is 2. The molecule has 0 aliphatic heterocycles. The van der Waals surface area contributed by atoms with E-state index in [-0.39, 0.29) is 17.5 Å². The standard InChI is InChI=1S/C14H11BrF3N/c1-8(9-2-4-12(17)11(15)6-9)19-14-5-3-10(16)7-13(14)18/h2-8,19H,1H3. The van der Waals surface area contributed by atoms with Gasteiger partial charge in [-0.2, -0.15) is 0 Å². The van der Waals surface area contributed by atoms with E-state index in [1.165, 1.54) is 18.2 Å². The third-order valence-corrected chi connectivity index (χ3v) is 3.35. The molecule has 0 fully saturated rings. The van der Waals surface area contributed by atoms with Crippen LogP contribution in [0.5, 0.6) is 0 Å². The van der Waals surface area contributed by atoms with E-state index in [4.69, 9.17) is 0 Å². The van der Waals surface area contributed by atoms with Gasteiger partial charge in [-0.25, -0.2) is 13.2 Å². The van der Waals surface area contributed by atoms with Gasteiger partial charge in [-0.3, -0.25) is 0 Å². The first kappa shape index (κ1) is 13.9. The zero-order valence-electron chi connectivity index (χ0n) is 10.1. The Morgan fingerprint density at radius 2 is 1.74 bits per heavy atom. The summed E-state index contributed by atoms with van der Waals surface area (Å²) in [7, 11) is 0. The summed E-state index contributed by atoms with van der Waals surface area (Å²) in [6, 6.07) is 7.65. The SMILES string of the molecule is CC(Nc1ccc(F)cc1F)c1ccc(F)c(Br)c1. The maximum atomic E-state index is 13.5. The first-order valence-corrected chi connectivity index (χ1v) is 6.43. The third-order valence-electron chi connectivity index (χ3n) is 2.75. The number of hydrogen-bond acceptors (Lipinski definition) is 1. The van der Waals surface area contributed by atoms with Gasteiger partial charge in [0.25, 0.3) is 0 Å². The van der Waals surface area contributed by atoms with Gasteiger partial charge in [0.1, 0.15) is 17.5 Å². The lowest BCUT2D eigenvalue weighted by Gasteiger charge is -2.16. The second-order valence-electron chi connectivity index (χ2n) is 4.16. The van der Waals surface area contributed by atoms with Crippen molar-refractivity contribution in [3.8, 4) is 0 Å². The Morgan fingerprint density at radius 3 is 2.37 bits per heavy atom. The van der Waals surface area contributed by atoms with E-state index in [9.17, 15) is 13.2 Å². The smallest absolute Gasteiger partial charge is 0.149 e. The van der Waals surface area contributed by atoms with Crippen molar-refractivity contribution in [2.75, 3.05) is 5.32 Å². The van der Waals surface area contributed by atoms with E-state index in [2.05, 4.69) is 21.2 Å². The zero-order chi connectivity index (χ0) is 14.0. The van der Waals surface area contributed by atoms with Crippen LogP contribution in [-0.2, 0) is 0 Å². The lowest BCUT2D eigenvalue weighted by atomic mass is 10.1. The van der Waals surface area contributed by atoms with Crippen molar-refractivity contribution in [3.63, 3.8) is 0 Å². The Morgan fingerprint density at radius 1 is 1.00 bits per heavy atom. The van der Waals surface area contributed by atoms with E-state index >= 15 is 0 Å². The molecule has 0 bridgehead atoms. The minimum atomic E-state index is -0.659. The average molecular weight is 330 g/mol. The second-order valence-corrected chi connectivity index (χ2v) is 5.02. The summed E-state index contributed by atoms with van der Waals surface area (Å²) in [5, 5.41) is 2.92. The van der Waals surface area contributed by atoms with Gasteiger partial charge in [0.05, 0.1) is 10.2 Å². The fourth-order valence-corrected chi connectivity index (χ4v) is 2.10. The van der Waals surface area contributed by atoms with Crippen LogP contribution in [0, 0.1) is 17.5 Å². The van der Waals surface area contributed by atoms with Gasteiger partial charge in [-0.05, 0) is 52.7 Å². The van der Waals surface area contributed by atoms with Gasteiger partial charge in [-0.1, -0.05) is 6.07 Å². The predicted octanol–water partition coefficient (Wildman–Crippen LogP) is 5.04. The quantitative estimate of drug-likeness (QED) is 0.831. The summed E-state index contributed by atoms with van der Waals surface area (Å²) in [6.45, 7) is 1.81. The molecule has 2 aromatic carbocycles. The van der Waals surface area contributed by atoms with Crippen LogP contribution < -0.4 is 5.32 Å². The summed E-state index contributed by atoms with van der Waals surface area (Å²) in [5.41, 5.74) is 0.992. The third kappa shape index (κ3) is 3.29. The molecule has 0 amide bonds. The highest BCUT2D eigenvalue weighted by molar-refractivity contribution is 9.10. The lowest BCUT2D eigenvalue weighted by Crippen LogP contribution is -2.08. The molecular formula is C14H11BrF3N. The first-order valence-electron chi connectivity index (χ1n) is 5.64. The highest BCUT2D eigenvalue weighted by Crippen LogP contribution is 2.25. The molecule has 5 heteroatoms. The molecule has 0 aromatic heterocycles. The van der Waals surface area contributed by atoms with Crippen LogP contribution in [0.2, 0.25) is 0 Å². The molecule has 1 N–H and O–H groups in total. The topological polar surface area (TPSA) is 12.0 Å². The van der Waals surface area contributed by atoms with E-state index in [1.807, 2.05) is 6.92 Å². The van der Waals surface area contributed by atoms with Gasteiger partial charge in [0.15, 0.2) is 0 Å². The fraction of sp³-hybridized carbons (Fsp3) is 0.143. The van der Waals surface area contributed by atoms with Crippen LogP contribution in [0.3, 0.4) is 0 Å². The van der Waals surface area contributed by atoms with Gasteiger partial charge in [0.2, 0.25) is 0 Å². The number of halogens is 4. The molecule has 0 aliphatic rings. The molecule has 2 rings (SSSR count). The van der Waals surface area contributed by atoms with Crippen molar-refractivity contribution in [3.05, 3.63) is 63.9 Å². The van der Waals surface area contributed by atoms with Crippen LogP contribution in [0.4, 0.5) is 18.9 Å². The largest absolute Gasteiger partial charge is 0.376 e. The van der Waals surface area contributed by atoms with Crippen molar-refractivity contribution >= 4 is 21.6 Å². The monoisotopic (exact) mass is 329 g/mol.